The third-order valence-corrected chi connectivity index (χ3v) is 4.40. The number of aryl methyl sites for hydroxylation is 2. The summed E-state index contributed by atoms with van der Waals surface area (Å²) in [7, 11) is 1.45. The van der Waals surface area contributed by atoms with Crippen LogP contribution in [-0.2, 0) is 0 Å². The molecule has 0 aliphatic heterocycles. The number of nitrogens with one attached hydrogen (secondary N) is 1. The average Bonchev–Trinajstić information content (AvgIpc) is 2.78. The molecular weight excluding hydrogens is 288 g/mol. The molecule has 0 aliphatic carbocycles. The van der Waals surface area contributed by atoms with E-state index >= 15 is 0 Å². The first kappa shape index (κ1) is 15.3. The van der Waals surface area contributed by atoms with Crippen LogP contribution in [0.4, 0.5) is 0 Å². The Labute approximate surface area is 127 Å². The summed E-state index contributed by atoms with van der Waals surface area (Å²) >= 11 is 1.56. The molecule has 0 spiro atoms. The summed E-state index contributed by atoms with van der Waals surface area (Å²) in [6.45, 7) is 5.75. The molecule has 0 bridgehead atoms. The Morgan fingerprint density at radius 2 is 2.14 bits per heavy atom. The van der Waals surface area contributed by atoms with Crippen molar-refractivity contribution in [1.29, 1.82) is 0 Å². The molecule has 2 rings (SSSR count). The van der Waals surface area contributed by atoms with E-state index in [2.05, 4.69) is 10.3 Å². The molecule has 0 saturated carbocycles. The van der Waals surface area contributed by atoms with Crippen molar-refractivity contribution in [2.24, 2.45) is 0 Å². The van der Waals surface area contributed by atoms with E-state index in [1.165, 1.54) is 7.11 Å². The van der Waals surface area contributed by atoms with Gasteiger partial charge in [0.15, 0.2) is 11.5 Å². The Morgan fingerprint density at radius 1 is 1.43 bits per heavy atom. The molecule has 2 N–H and O–H groups in total. The lowest BCUT2D eigenvalue weighted by atomic mass is 10.1. The highest BCUT2D eigenvalue weighted by molar-refractivity contribution is 7.11. The smallest absolute Gasteiger partial charge is 0.255 e. The van der Waals surface area contributed by atoms with Crippen molar-refractivity contribution in [2.75, 3.05) is 7.11 Å². The normalized spacial score (nSPS) is 12.0. The second-order valence-electron chi connectivity index (χ2n) is 4.73. The number of ether oxygens (including phenoxy) is 1. The average molecular weight is 306 g/mol. The van der Waals surface area contributed by atoms with Crippen molar-refractivity contribution < 1.29 is 14.6 Å². The van der Waals surface area contributed by atoms with Gasteiger partial charge in [-0.3, -0.25) is 4.79 Å². The van der Waals surface area contributed by atoms with E-state index in [0.717, 1.165) is 15.6 Å². The number of benzene rings is 1. The minimum atomic E-state index is -0.343. The number of hydrogen-bond acceptors (Lipinski definition) is 5. The van der Waals surface area contributed by atoms with Gasteiger partial charge in [0.05, 0.1) is 29.4 Å². The van der Waals surface area contributed by atoms with Crippen LogP contribution in [0.1, 0.15) is 38.9 Å². The summed E-state index contributed by atoms with van der Waals surface area (Å²) in [4.78, 5) is 17.7. The molecule has 0 aliphatic rings. The summed E-state index contributed by atoms with van der Waals surface area (Å²) in [5.41, 5.74) is 1.11. The third kappa shape index (κ3) is 3.16. The Balaban J connectivity index is 2.20. The van der Waals surface area contributed by atoms with Crippen molar-refractivity contribution in [2.45, 2.75) is 26.8 Å². The fraction of sp³-hybridized carbons (Fsp3) is 0.333. The van der Waals surface area contributed by atoms with Gasteiger partial charge in [-0.15, -0.1) is 11.3 Å². The fourth-order valence-corrected chi connectivity index (χ4v) is 3.09. The molecule has 21 heavy (non-hydrogen) atoms. The molecule has 0 saturated heterocycles. The van der Waals surface area contributed by atoms with E-state index < -0.39 is 0 Å². The number of phenols is 1. The molecule has 0 fully saturated rings. The van der Waals surface area contributed by atoms with Crippen LogP contribution in [0.2, 0.25) is 0 Å². The number of aromatic hydroxyl groups is 1. The summed E-state index contributed by atoms with van der Waals surface area (Å²) in [6.07, 6.45) is 0. The van der Waals surface area contributed by atoms with Crippen LogP contribution in [-0.4, -0.2) is 23.1 Å². The Kier molecular flexibility index (Phi) is 4.47. The predicted octanol–water partition coefficient (Wildman–Crippen LogP) is 2.97. The minimum absolute atomic E-state index is 0.151. The van der Waals surface area contributed by atoms with Crippen molar-refractivity contribution in [3.05, 3.63) is 39.3 Å². The maximum absolute atomic E-state index is 12.3. The molecule has 1 aromatic carbocycles. The maximum Gasteiger partial charge on any atom is 0.255 e. The summed E-state index contributed by atoms with van der Waals surface area (Å²) < 4.78 is 5.01. The van der Waals surface area contributed by atoms with E-state index in [0.29, 0.717) is 0 Å². The Morgan fingerprint density at radius 3 is 2.71 bits per heavy atom. The number of nitrogens with zero attached hydrogens (tertiary/aromatic N) is 1. The number of methoxy groups -OCH3 is 1. The fourth-order valence-electron chi connectivity index (χ4n) is 2.16. The number of aromatic nitrogens is 1. The second-order valence-corrected chi connectivity index (χ2v) is 5.97. The third-order valence-electron chi connectivity index (χ3n) is 3.14. The summed E-state index contributed by atoms with van der Waals surface area (Å²) in [5, 5.41) is 13.8. The van der Waals surface area contributed by atoms with E-state index in [4.69, 9.17) is 4.74 Å². The lowest BCUT2D eigenvalue weighted by Gasteiger charge is -2.14. The molecule has 1 heterocycles. The first-order valence-electron chi connectivity index (χ1n) is 6.54. The van der Waals surface area contributed by atoms with Gasteiger partial charge in [0.1, 0.15) is 0 Å². The predicted molar refractivity (Wildman–Crippen MR) is 82.1 cm³/mol. The van der Waals surface area contributed by atoms with Gasteiger partial charge in [-0.05, 0) is 32.9 Å². The van der Waals surface area contributed by atoms with Crippen molar-refractivity contribution >= 4 is 17.2 Å². The number of rotatable bonds is 4. The van der Waals surface area contributed by atoms with Gasteiger partial charge in [-0.25, -0.2) is 4.98 Å². The lowest BCUT2D eigenvalue weighted by Crippen LogP contribution is -2.26. The number of para-hydroxylation sites is 1. The van der Waals surface area contributed by atoms with Crippen LogP contribution in [0.3, 0.4) is 0 Å². The summed E-state index contributed by atoms with van der Waals surface area (Å²) in [6, 6.07) is 4.66. The Bertz CT molecular complexity index is 667. The van der Waals surface area contributed by atoms with Gasteiger partial charge in [-0.2, -0.15) is 0 Å². The van der Waals surface area contributed by atoms with Crippen LogP contribution in [0.5, 0.6) is 11.5 Å². The highest BCUT2D eigenvalue weighted by Gasteiger charge is 2.19. The molecule has 1 amide bonds. The molecular formula is C15H18N2O3S. The standard InChI is InChI=1S/C15H18N2O3S/c1-8-14(21-10(3)16-8)9(2)17-15(19)11-6-5-7-12(20-4)13(11)18/h5-7,9,18H,1-4H3,(H,17,19). The van der Waals surface area contributed by atoms with Crippen molar-refractivity contribution in [3.63, 3.8) is 0 Å². The molecule has 1 aromatic heterocycles. The van der Waals surface area contributed by atoms with Gasteiger partial charge in [0.2, 0.25) is 0 Å². The highest BCUT2D eigenvalue weighted by atomic mass is 32.1. The molecule has 1 atom stereocenters. The van der Waals surface area contributed by atoms with Crippen molar-refractivity contribution in [1.82, 2.24) is 10.3 Å². The molecule has 2 aromatic rings. The molecule has 0 radical (unpaired) electrons. The second kappa shape index (κ2) is 6.13. The van der Waals surface area contributed by atoms with Crippen LogP contribution in [0.25, 0.3) is 0 Å². The van der Waals surface area contributed by atoms with E-state index in [1.807, 2.05) is 20.8 Å². The first-order valence-corrected chi connectivity index (χ1v) is 7.36. The van der Waals surface area contributed by atoms with Crippen LogP contribution in [0, 0.1) is 13.8 Å². The van der Waals surface area contributed by atoms with Gasteiger partial charge >= 0.3 is 0 Å². The SMILES string of the molecule is COc1cccc(C(=O)NC(C)c2sc(C)nc2C)c1O. The van der Waals surface area contributed by atoms with Crippen LogP contribution < -0.4 is 10.1 Å². The maximum atomic E-state index is 12.3. The monoisotopic (exact) mass is 306 g/mol. The largest absolute Gasteiger partial charge is 0.504 e. The molecule has 5 nitrogen and oxygen atoms in total. The quantitative estimate of drug-likeness (QED) is 0.911. The summed E-state index contributed by atoms with van der Waals surface area (Å²) in [5.74, 6) is -0.216. The Hall–Kier alpha value is -2.08. The van der Waals surface area contributed by atoms with E-state index in [-0.39, 0.29) is 29.0 Å². The zero-order valence-corrected chi connectivity index (χ0v) is 13.2. The van der Waals surface area contributed by atoms with E-state index in [1.54, 1.807) is 29.5 Å². The number of phenolic OH excluding ortho intramolecular Hbond substituents is 1. The first-order chi connectivity index (χ1) is 9.93. The highest BCUT2D eigenvalue weighted by Crippen LogP contribution is 2.30. The van der Waals surface area contributed by atoms with Gasteiger partial charge < -0.3 is 15.2 Å². The molecule has 112 valence electrons. The van der Waals surface area contributed by atoms with Gasteiger partial charge in [0.25, 0.3) is 5.91 Å². The zero-order chi connectivity index (χ0) is 15.6. The van der Waals surface area contributed by atoms with Crippen LogP contribution in [0.15, 0.2) is 18.2 Å². The molecule has 6 heteroatoms. The zero-order valence-electron chi connectivity index (χ0n) is 12.4. The van der Waals surface area contributed by atoms with E-state index in [9.17, 15) is 9.90 Å². The van der Waals surface area contributed by atoms with Gasteiger partial charge in [-0.1, -0.05) is 6.07 Å². The van der Waals surface area contributed by atoms with Gasteiger partial charge in [0, 0.05) is 4.88 Å². The number of amides is 1. The topological polar surface area (TPSA) is 71.5 Å². The number of carbonyl (C=O) groups excluding carboxylic acids is 1. The number of thiazole rings is 1. The molecule has 1 unspecified atom stereocenters. The minimum Gasteiger partial charge on any atom is -0.504 e. The number of carbonyl (C=O) groups is 1. The van der Waals surface area contributed by atoms with Crippen LogP contribution >= 0.6 is 11.3 Å². The lowest BCUT2D eigenvalue weighted by molar-refractivity contribution is 0.0937. The van der Waals surface area contributed by atoms with Crippen molar-refractivity contribution in [3.8, 4) is 11.5 Å². The number of hydrogen-bond donors (Lipinski definition) is 2.